The Morgan fingerprint density at radius 1 is 1.19 bits per heavy atom. The van der Waals surface area contributed by atoms with E-state index in [0.717, 1.165) is 24.2 Å². The number of nitrogens with one attached hydrogen (secondary N) is 1. The number of ether oxygens (including phenoxy) is 1. The predicted octanol–water partition coefficient (Wildman–Crippen LogP) is 2.43. The van der Waals surface area contributed by atoms with E-state index in [2.05, 4.69) is 5.32 Å². The SMILES string of the molecule is CN1C(=O)N(CC(=O)NCCOc2ccc(Cl)cc2)C(=O)C12CCCCC2. The highest BCUT2D eigenvalue weighted by Crippen LogP contribution is 2.39. The smallest absolute Gasteiger partial charge is 0.327 e. The molecule has 1 saturated carbocycles. The quantitative estimate of drug-likeness (QED) is 0.594. The topological polar surface area (TPSA) is 79.0 Å². The van der Waals surface area contributed by atoms with Gasteiger partial charge in [0.1, 0.15) is 24.4 Å². The van der Waals surface area contributed by atoms with Crippen molar-refractivity contribution in [2.45, 2.75) is 37.6 Å². The highest BCUT2D eigenvalue weighted by Gasteiger charge is 2.55. The molecular formula is C19H24ClN3O4. The molecule has 146 valence electrons. The number of imide groups is 1. The van der Waals surface area contributed by atoms with Gasteiger partial charge in [0.05, 0.1) is 6.54 Å². The number of urea groups is 1. The second kappa shape index (κ2) is 8.17. The van der Waals surface area contributed by atoms with Gasteiger partial charge in [-0.3, -0.25) is 14.5 Å². The molecule has 0 bridgehead atoms. The zero-order chi connectivity index (χ0) is 19.4. The summed E-state index contributed by atoms with van der Waals surface area (Å²) in [6, 6.07) is 6.53. The van der Waals surface area contributed by atoms with Crippen LogP contribution < -0.4 is 10.1 Å². The molecule has 1 heterocycles. The molecule has 0 aromatic heterocycles. The molecular weight excluding hydrogens is 370 g/mol. The molecule has 1 saturated heterocycles. The number of nitrogens with zero attached hydrogens (tertiary/aromatic N) is 2. The molecule has 1 aliphatic heterocycles. The molecule has 8 heteroatoms. The van der Waals surface area contributed by atoms with Crippen LogP contribution in [0, 0.1) is 0 Å². The lowest BCUT2D eigenvalue weighted by molar-refractivity contribution is -0.137. The fourth-order valence-corrected chi connectivity index (χ4v) is 3.89. The van der Waals surface area contributed by atoms with Crippen LogP contribution >= 0.6 is 11.6 Å². The van der Waals surface area contributed by atoms with Gasteiger partial charge < -0.3 is 15.0 Å². The minimum absolute atomic E-state index is 0.248. The van der Waals surface area contributed by atoms with Crippen LogP contribution in [0.3, 0.4) is 0 Å². The molecule has 1 spiro atoms. The molecule has 1 N–H and O–H groups in total. The maximum atomic E-state index is 12.8. The highest BCUT2D eigenvalue weighted by atomic mass is 35.5. The number of amides is 4. The Hall–Kier alpha value is -2.28. The van der Waals surface area contributed by atoms with Gasteiger partial charge in [0.2, 0.25) is 5.91 Å². The normalized spacial score (nSPS) is 18.9. The van der Waals surface area contributed by atoms with Crippen molar-refractivity contribution in [3.8, 4) is 5.75 Å². The lowest BCUT2D eigenvalue weighted by Gasteiger charge is -2.35. The number of benzene rings is 1. The third-order valence-corrected chi connectivity index (χ3v) is 5.54. The monoisotopic (exact) mass is 393 g/mol. The van der Waals surface area contributed by atoms with Gasteiger partial charge in [0.25, 0.3) is 5.91 Å². The van der Waals surface area contributed by atoms with Crippen molar-refractivity contribution in [1.29, 1.82) is 0 Å². The maximum absolute atomic E-state index is 12.8. The first-order valence-corrected chi connectivity index (χ1v) is 9.57. The second-order valence-corrected chi connectivity index (χ2v) is 7.41. The van der Waals surface area contributed by atoms with Crippen molar-refractivity contribution < 1.29 is 19.1 Å². The van der Waals surface area contributed by atoms with Gasteiger partial charge in [-0.05, 0) is 37.1 Å². The van der Waals surface area contributed by atoms with Crippen molar-refractivity contribution in [3.05, 3.63) is 29.3 Å². The first-order valence-electron chi connectivity index (χ1n) is 9.19. The van der Waals surface area contributed by atoms with Gasteiger partial charge in [0, 0.05) is 12.1 Å². The number of hydrogen-bond donors (Lipinski definition) is 1. The van der Waals surface area contributed by atoms with Gasteiger partial charge in [-0.1, -0.05) is 30.9 Å². The molecule has 2 fully saturated rings. The fourth-order valence-electron chi connectivity index (χ4n) is 3.76. The minimum atomic E-state index is -0.757. The number of likely N-dealkylation sites (N-methyl/N-ethyl adjacent to an activating group) is 1. The summed E-state index contributed by atoms with van der Waals surface area (Å²) in [7, 11) is 1.66. The Bertz CT molecular complexity index is 716. The third-order valence-electron chi connectivity index (χ3n) is 5.29. The van der Waals surface area contributed by atoms with Crippen molar-refractivity contribution >= 4 is 29.4 Å². The van der Waals surface area contributed by atoms with E-state index in [0.29, 0.717) is 23.6 Å². The predicted molar refractivity (Wildman–Crippen MR) is 101 cm³/mol. The summed E-state index contributed by atoms with van der Waals surface area (Å²) >= 11 is 5.81. The first-order chi connectivity index (χ1) is 12.9. The van der Waals surface area contributed by atoms with Crippen LogP contribution in [0.15, 0.2) is 24.3 Å². The van der Waals surface area contributed by atoms with E-state index in [-0.39, 0.29) is 31.5 Å². The van der Waals surface area contributed by atoms with Gasteiger partial charge in [0.15, 0.2) is 0 Å². The molecule has 2 aliphatic rings. The van der Waals surface area contributed by atoms with Crippen molar-refractivity contribution in [2.24, 2.45) is 0 Å². The molecule has 3 rings (SSSR count). The Kier molecular flexibility index (Phi) is 5.89. The van der Waals surface area contributed by atoms with E-state index in [1.54, 1.807) is 31.3 Å². The van der Waals surface area contributed by atoms with E-state index in [4.69, 9.17) is 16.3 Å². The highest BCUT2D eigenvalue weighted by molar-refractivity contribution is 6.30. The van der Waals surface area contributed by atoms with Crippen LogP contribution in [0.25, 0.3) is 0 Å². The average Bonchev–Trinajstić information content (AvgIpc) is 2.84. The number of hydrogen-bond acceptors (Lipinski definition) is 4. The molecule has 27 heavy (non-hydrogen) atoms. The van der Waals surface area contributed by atoms with Gasteiger partial charge >= 0.3 is 6.03 Å². The van der Waals surface area contributed by atoms with Crippen LogP contribution in [0.2, 0.25) is 5.02 Å². The molecule has 1 aliphatic carbocycles. The second-order valence-electron chi connectivity index (χ2n) is 6.98. The van der Waals surface area contributed by atoms with Crippen molar-refractivity contribution in [3.63, 3.8) is 0 Å². The van der Waals surface area contributed by atoms with Crippen molar-refractivity contribution in [1.82, 2.24) is 15.1 Å². The summed E-state index contributed by atoms with van der Waals surface area (Å²) in [5, 5.41) is 3.31. The summed E-state index contributed by atoms with van der Waals surface area (Å²) in [5.74, 6) is 0.0272. The Morgan fingerprint density at radius 2 is 1.85 bits per heavy atom. The minimum Gasteiger partial charge on any atom is -0.492 e. The van der Waals surface area contributed by atoms with E-state index in [1.807, 2.05) is 0 Å². The lowest BCUT2D eigenvalue weighted by Crippen LogP contribution is -2.49. The molecule has 4 amide bonds. The number of carbonyl (C=O) groups excluding carboxylic acids is 3. The Morgan fingerprint density at radius 3 is 2.52 bits per heavy atom. The van der Waals surface area contributed by atoms with Crippen LogP contribution in [0.1, 0.15) is 32.1 Å². The van der Waals surface area contributed by atoms with E-state index < -0.39 is 11.6 Å². The number of rotatable bonds is 6. The summed E-state index contributed by atoms with van der Waals surface area (Å²) in [6.07, 6.45) is 4.25. The van der Waals surface area contributed by atoms with E-state index >= 15 is 0 Å². The zero-order valence-electron chi connectivity index (χ0n) is 15.4. The Balaban J connectivity index is 1.48. The van der Waals surface area contributed by atoms with Crippen LogP contribution in [-0.4, -0.2) is 59.9 Å². The van der Waals surface area contributed by atoms with Gasteiger partial charge in [-0.15, -0.1) is 0 Å². The Labute approximate surface area is 163 Å². The number of halogens is 1. The number of carbonyl (C=O) groups is 3. The zero-order valence-corrected chi connectivity index (χ0v) is 16.1. The first kappa shape index (κ1) is 19.5. The van der Waals surface area contributed by atoms with E-state index in [1.165, 1.54) is 4.90 Å². The van der Waals surface area contributed by atoms with Crippen molar-refractivity contribution in [2.75, 3.05) is 26.7 Å². The van der Waals surface area contributed by atoms with E-state index in [9.17, 15) is 14.4 Å². The summed E-state index contributed by atoms with van der Waals surface area (Å²) < 4.78 is 5.50. The molecule has 0 unspecified atom stereocenters. The third kappa shape index (κ3) is 4.03. The average molecular weight is 394 g/mol. The molecule has 0 radical (unpaired) electrons. The largest absolute Gasteiger partial charge is 0.492 e. The summed E-state index contributed by atoms with van der Waals surface area (Å²) in [6.45, 7) is 0.294. The fraction of sp³-hybridized carbons (Fsp3) is 0.526. The molecule has 1 aromatic rings. The summed E-state index contributed by atoms with van der Waals surface area (Å²) in [5.41, 5.74) is -0.757. The van der Waals surface area contributed by atoms with Gasteiger partial charge in [-0.2, -0.15) is 0 Å². The molecule has 1 aromatic carbocycles. The standard InChI is InChI=1S/C19H24ClN3O4/c1-22-18(26)23(17(25)19(22)9-3-2-4-10-19)13-16(24)21-11-12-27-15-7-5-14(20)6-8-15/h5-8H,2-4,9-13H2,1H3,(H,21,24). The lowest BCUT2D eigenvalue weighted by atomic mass is 9.81. The summed E-state index contributed by atoms with van der Waals surface area (Å²) in [4.78, 5) is 40.1. The molecule has 0 atom stereocenters. The van der Waals surface area contributed by atoms with Crippen LogP contribution in [-0.2, 0) is 9.59 Å². The van der Waals surface area contributed by atoms with Crippen LogP contribution in [0.4, 0.5) is 4.79 Å². The molecule has 7 nitrogen and oxygen atoms in total. The van der Waals surface area contributed by atoms with Gasteiger partial charge in [-0.25, -0.2) is 4.79 Å². The van der Waals surface area contributed by atoms with Crippen LogP contribution in [0.5, 0.6) is 5.75 Å². The maximum Gasteiger partial charge on any atom is 0.327 e.